The highest BCUT2D eigenvalue weighted by Gasteiger charge is 2.43. The Morgan fingerprint density at radius 3 is 2.74 bits per heavy atom. The van der Waals surface area contributed by atoms with Crippen LogP contribution in [0.5, 0.6) is 5.75 Å². The summed E-state index contributed by atoms with van der Waals surface area (Å²) in [6.45, 7) is 0.694. The lowest BCUT2D eigenvalue weighted by atomic mass is 9.74. The van der Waals surface area contributed by atoms with Crippen LogP contribution in [-0.2, 0) is 14.9 Å². The van der Waals surface area contributed by atoms with Gasteiger partial charge in [0.25, 0.3) is 0 Å². The first-order valence-electron chi connectivity index (χ1n) is 5.89. The van der Waals surface area contributed by atoms with Crippen molar-refractivity contribution in [2.45, 2.75) is 17.9 Å². The van der Waals surface area contributed by atoms with E-state index in [4.69, 9.17) is 20.3 Å². The molecule has 6 heteroatoms. The van der Waals surface area contributed by atoms with Crippen LogP contribution < -0.4 is 10.5 Å². The Morgan fingerprint density at radius 1 is 1.63 bits per heavy atom. The molecule has 1 aromatic rings. The second kappa shape index (κ2) is 5.14. The zero-order chi connectivity index (χ0) is 14.0. The molecule has 19 heavy (non-hydrogen) atoms. The van der Waals surface area contributed by atoms with Crippen molar-refractivity contribution in [3.63, 3.8) is 0 Å². The summed E-state index contributed by atoms with van der Waals surface area (Å²) in [7, 11) is 1.39. The molecule has 3 N–H and O–H groups in total. The molecule has 0 aliphatic carbocycles. The number of hydrogen-bond acceptors (Lipinski definition) is 4. The zero-order valence-electron chi connectivity index (χ0n) is 10.6. The van der Waals surface area contributed by atoms with Gasteiger partial charge in [0.15, 0.2) is 11.6 Å². The second-order valence-electron chi connectivity index (χ2n) is 4.77. The lowest BCUT2D eigenvalue weighted by molar-refractivity contribution is -0.141. The Labute approximate surface area is 110 Å². The molecule has 1 unspecified atom stereocenters. The lowest BCUT2D eigenvalue weighted by Crippen LogP contribution is -2.51. The van der Waals surface area contributed by atoms with Gasteiger partial charge >= 0.3 is 5.97 Å². The zero-order valence-corrected chi connectivity index (χ0v) is 10.6. The fourth-order valence-corrected chi connectivity index (χ4v) is 2.26. The molecule has 1 atom stereocenters. The van der Waals surface area contributed by atoms with Crippen LogP contribution in [0.2, 0.25) is 0 Å². The summed E-state index contributed by atoms with van der Waals surface area (Å²) >= 11 is 0. The SMILES string of the molecule is COc1ccc(C2(CC(N)C(=O)O)COC2)cc1F. The van der Waals surface area contributed by atoms with E-state index in [1.807, 2.05) is 0 Å². The summed E-state index contributed by atoms with van der Waals surface area (Å²) < 4.78 is 23.7. The van der Waals surface area contributed by atoms with Crippen LogP contribution >= 0.6 is 0 Å². The minimum Gasteiger partial charge on any atom is -0.494 e. The number of ether oxygens (including phenoxy) is 2. The average molecular weight is 269 g/mol. The van der Waals surface area contributed by atoms with E-state index < -0.39 is 23.2 Å². The molecule has 0 saturated carbocycles. The summed E-state index contributed by atoms with van der Waals surface area (Å²) in [4.78, 5) is 10.9. The van der Waals surface area contributed by atoms with Crippen molar-refractivity contribution >= 4 is 5.97 Å². The highest BCUT2D eigenvalue weighted by Crippen LogP contribution is 2.38. The first-order chi connectivity index (χ1) is 8.98. The number of aliphatic carboxylic acids is 1. The molecular weight excluding hydrogens is 253 g/mol. The second-order valence-corrected chi connectivity index (χ2v) is 4.77. The summed E-state index contributed by atoms with van der Waals surface area (Å²) in [5.41, 5.74) is 5.74. The number of methoxy groups -OCH3 is 1. The third kappa shape index (κ3) is 2.54. The number of nitrogens with two attached hydrogens (primary N) is 1. The van der Waals surface area contributed by atoms with Crippen molar-refractivity contribution in [2.24, 2.45) is 5.73 Å². The topological polar surface area (TPSA) is 81.8 Å². The number of benzene rings is 1. The number of carboxylic acids is 1. The Hall–Kier alpha value is -1.66. The smallest absolute Gasteiger partial charge is 0.320 e. The van der Waals surface area contributed by atoms with E-state index in [2.05, 4.69) is 0 Å². The van der Waals surface area contributed by atoms with Gasteiger partial charge in [-0.25, -0.2) is 4.39 Å². The van der Waals surface area contributed by atoms with Crippen molar-refractivity contribution < 1.29 is 23.8 Å². The predicted octanol–water partition coefficient (Wildman–Crippen LogP) is 0.904. The van der Waals surface area contributed by atoms with E-state index in [9.17, 15) is 9.18 Å². The van der Waals surface area contributed by atoms with Crippen LogP contribution in [0.15, 0.2) is 18.2 Å². The van der Waals surface area contributed by atoms with Gasteiger partial charge in [0.2, 0.25) is 0 Å². The molecular formula is C13H16FNO4. The minimum atomic E-state index is -1.07. The quantitative estimate of drug-likeness (QED) is 0.830. The van der Waals surface area contributed by atoms with Crippen molar-refractivity contribution in [1.29, 1.82) is 0 Å². The monoisotopic (exact) mass is 269 g/mol. The molecule has 1 heterocycles. The van der Waals surface area contributed by atoms with Crippen LogP contribution in [0.1, 0.15) is 12.0 Å². The summed E-state index contributed by atoms with van der Waals surface area (Å²) in [6.07, 6.45) is 0.216. The van der Waals surface area contributed by atoms with Gasteiger partial charge in [0.05, 0.1) is 20.3 Å². The van der Waals surface area contributed by atoms with E-state index >= 15 is 0 Å². The van der Waals surface area contributed by atoms with E-state index in [1.165, 1.54) is 19.2 Å². The van der Waals surface area contributed by atoms with Gasteiger partial charge in [-0.05, 0) is 24.1 Å². The maximum Gasteiger partial charge on any atom is 0.320 e. The van der Waals surface area contributed by atoms with Crippen LogP contribution in [0.25, 0.3) is 0 Å². The molecule has 1 aromatic carbocycles. The molecule has 0 amide bonds. The molecule has 0 spiro atoms. The van der Waals surface area contributed by atoms with E-state index in [-0.39, 0.29) is 12.2 Å². The van der Waals surface area contributed by atoms with E-state index in [0.717, 1.165) is 0 Å². The predicted molar refractivity (Wildman–Crippen MR) is 65.7 cm³/mol. The highest BCUT2D eigenvalue weighted by molar-refractivity contribution is 5.73. The van der Waals surface area contributed by atoms with Crippen LogP contribution in [0, 0.1) is 5.82 Å². The number of carboxylic acid groups (broad SMARTS) is 1. The van der Waals surface area contributed by atoms with Gasteiger partial charge < -0.3 is 20.3 Å². The number of carbonyl (C=O) groups is 1. The largest absolute Gasteiger partial charge is 0.494 e. The van der Waals surface area contributed by atoms with Gasteiger partial charge in [0.1, 0.15) is 6.04 Å². The molecule has 1 fully saturated rings. The number of halogens is 1. The Morgan fingerprint density at radius 2 is 2.32 bits per heavy atom. The minimum absolute atomic E-state index is 0.154. The third-order valence-electron chi connectivity index (χ3n) is 3.45. The number of rotatable bonds is 5. The molecule has 0 radical (unpaired) electrons. The fraction of sp³-hybridized carbons (Fsp3) is 0.462. The standard InChI is InChI=1S/C13H16FNO4/c1-18-11-3-2-8(4-9(11)14)13(6-19-7-13)5-10(15)12(16)17/h2-4,10H,5-7,15H2,1H3,(H,16,17). The summed E-state index contributed by atoms with van der Waals surface area (Å²) in [6, 6.07) is 3.61. The van der Waals surface area contributed by atoms with Crippen molar-refractivity contribution in [3.8, 4) is 5.75 Å². The third-order valence-corrected chi connectivity index (χ3v) is 3.45. The maximum atomic E-state index is 13.7. The van der Waals surface area contributed by atoms with Crippen molar-refractivity contribution in [2.75, 3.05) is 20.3 Å². The molecule has 1 aliphatic heterocycles. The number of hydrogen-bond donors (Lipinski definition) is 2. The molecule has 5 nitrogen and oxygen atoms in total. The van der Waals surface area contributed by atoms with Crippen molar-refractivity contribution in [3.05, 3.63) is 29.6 Å². The normalized spacial score (nSPS) is 18.5. The van der Waals surface area contributed by atoms with Crippen LogP contribution in [0.4, 0.5) is 4.39 Å². The molecule has 0 bridgehead atoms. The Kier molecular flexibility index (Phi) is 3.73. The summed E-state index contributed by atoms with van der Waals surface area (Å²) in [5, 5.41) is 8.89. The van der Waals surface area contributed by atoms with E-state index in [0.29, 0.717) is 18.8 Å². The van der Waals surface area contributed by atoms with Crippen LogP contribution in [0.3, 0.4) is 0 Å². The Bertz CT molecular complexity index is 488. The molecule has 2 rings (SSSR count). The molecule has 0 aromatic heterocycles. The van der Waals surface area contributed by atoms with Gasteiger partial charge in [-0.1, -0.05) is 6.07 Å². The van der Waals surface area contributed by atoms with Crippen LogP contribution in [-0.4, -0.2) is 37.4 Å². The molecule has 104 valence electrons. The van der Waals surface area contributed by atoms with E-state index in [1.54, 1.807) is 6.07 Å². The van der Waals surface area contributed by atoms with Crippen molar-refractivity contribution in [1.82, 2.24) is 0 Å². The lowest BCUT2D eigenvalue weighted by Gasteiger charge is -2.43. The Balaban J connectivity index is 2.26. The van der Waals surface area contributed by atoms with Gasteiger partial charge in [0, 0.05) is 5.41 Å². The maximum absolute atomic E-state index is 13.7. The summed E-state index contributed by atoms with van der Waals surface area (Å²) in [5.74, 6) is -1.39. The first-order valence-corrected chi connectivity index (χ1v) is 5.89. The fourth-order valence-electron chi connectivity index (χ4n) is 2.26. The van der Waals surface area contributed by atoms with Gasteiger partial charge in [-0.3, -0.25) is 4.79 Å². The molecule has 1 aliphatic rings. The molecule has 1 saturated heterocycles. The van der Waals surface area contributed by atoms with Gasteiger partial charge in [-0.2, -0.15) is 0 Å². The van der Waals surface area contributed by atoms with Gasteiger partial charge in [-0.15, -0.1) is 0 Å². The highest BCUT2D eigenvalue weighted by atomic mass is 19.1. The first kappa shape index (κ1) is 13.8. The average Bonchev–Trinajstić information content (AvgIpc) is 2.33.